The van der Waals surface area contributed by atoms with Crippen LogP contribution in [0, 0.1) is 23.4 Å². The summed E-state index contributed by atoms with van der Waals surface area (Å²) >= 11 is 0. The Morgan fingerprint density at radius 1 is 0.405 bits per heavy atom. The van der Waals surface area contributed by atoms with E-state index in [0.717, 1.165) is 158 Å². The highest BCUT2D eigenvalue weighted by molar-refractivity contribution is 5.69. The summed E-state index contributed by atoms with van der Waals surface area (Å²) in [5.74, 6) is 0.220. The fourth-order valence-corrected chi connectivity index (χ4v) is 16.7. The van der Waals surface area contributed by atoms with E-state index in [1.165, 1.54) is 90.8 Å². The third kappa shape index (κ3) is 21.4. The minimum absolute atomic E-state index is 0.0779. The van der Waals surface area contributed by atoms with Crippen molar-refractivity contribution in [3.8, 4) is 79.5 Å². The lowest BCUT2D eigenvalue weighted by Crippen LogP contribution is -2.43. The van der Waals surface area contributed by atoms with Crippen molar-refractivity contribution in [2.75, 3.05) is 173 Å². The van der Waals surface area contributed by atoms with Crippen LogP contribution >= 0.6 is 0 Å². The van der Waals surface area contributed by atoms with Crippen LogP contribution in [0.4, 0.5) is 41.6 Å². The molecule has 5 fully saturated rings. The number of piperazine rings is 2. The van der Waals surface area contributed by atoms with Crippen molar-refractivity contribution in [1.29, 1.82) is 0 Å². The third-order valence-corrected chi connectivity index (χ3v) is 23.6. The molecular weight excluding hydrogens is 1670 g/mol. The number of nitrogens with two attached hydrogens (primary N) is 1. The van der Waals surface area contributed by atoms with Gasteiger partial charge in [-0.15, -0.1) is 0 Å². The topological polar surface area (TPSA) is 316 Å². The number of pyridine rings is 7. The van der Waals surface area contributed by atoms with Crippen LogP contribution in [-0.4, -0.2) is 227 Å². The third-order valence-electron chi connectivity index (χ3n) is 23.6. The quantitative estimate of drug-likeness (QED) is 0.0658. The molecule has 0 bridgehead atoms. The van der Waals surface area contributed by atoms with E-state index in [4.69, 9.17) is 24.7 Å². The Balaban J connectivity index is 0.000000120. The smallest absolute Gasteiger partial charge is 0.258 e. The lowest BCUT2D eigenvalue weighted by molar-refractivity contribution is 0.285. The maximum atomic E-state index is 14.1. The molecule has 12 aromatic heterocycles. The van der Waals surface area contributed by atoms with Gasteiger partial charge in [0.15, 0.2) is 34.7 Å². The van der Waals surface area contributed by atoms with Crippen molar-refractivity contribution in [1.82, 2.24) is 77.3 Å². The Hall–Kier alpha value is -14.5. The largest absolute Gasteiger partial charge is 0.494 e. The Bertz CT molecular complexity index is 6940. The molecule has 3 aromatic carbocycles. The standard InChI is InChI=1S/C23H27FN4O2.C20H21FN4O2.C19H19FN4O2.C18H19N5O2.C17H17N5O/c1-26(2)14-16-8-10-27(11-9-16)18-5-7-22-25-20(13-23(29)28(22)15-18)17-4-6-21(30-3)19(24)12-17;1-24-8-7-15(11-24)22-14-4-6-19-23-17(10-20(26)25(19)12-14)13-3-5-18(27-2)16(21)9-13;1-26-17-4-2-12(8-15(17)20)16-9-19(25)24-11-14(3-5-18(24)22-16)23-7-6-13(21)10-23;1-25-17-4-2-3-14(21-17)15-11-18(24)23-12-13(5-6-16(23)20-15)22-9-7-19-8-10-22;23-17-10-15(13-2-1-5-19-11-13)20-16-4-3-14(12-22(16)17)21-8-6-18-7-9-21/h4-7,12-13,15-16H,8-11,14H2,1-3H3;3-6,9-10,12,15,22H,7-8,11H2,1-2H3;2-5,8-9,11,13H,6-7,10,21H2,1H3;2-6,11-12,19H,7-10H2,1H3;1-5,10-12,18H,6-9H2/t;15-;13-;;/m.10../s1. The number of halogens is 3. The maximum Gasteiger partial charge on any atom is 0.258 e. The maximum absolute atomic E-state index is 14.1. The molecule has 5 N–H and O–H groups in total. The van der Waals surface area contributed by atoms with Gasteiger partial charge in [0, 0.05) is 206 Å². The SMILES string of the molecule is COc1ccc(-c2cc(=O)n3cc(N4CCC(CN(C)C)CC4)ccc3n2)cc1F.COc1ccc(-c2cc(=O)n3cc(N4CC[C@H](N)C4)ccc3n2)cc1F.COc1ccc(-c2cc(=O)n3cc(N[C@@H]4CCN(C)C4)ccc3n2)cc1F.COc1cccc(-c2cc(=O)n3cc(N4CCNCC4)ccc3n2)n1.O=c1cc(-c2cccnc2)nc2ccc(N3CCNCC3)cn12. The monoisotopic (exact) mass is 1780 g/mol. The fourth-order valence-electron chi connectivity index (χ4n) is 16.7. The predicted octanol–water partition coefficient (Wildman–Crippen LogP) is 10.3. The number of likely N-dealkylation sites (N-methyl/N-ethyl adjacent to an activating group) is 1. The highest BCUT2D eigenvalue weighted by Gasteiger charge is 2.25. The van der Waals surface area contributed by atoms with Gasteiger partial charge in [-0.3, -0.25) is 51.0 Å². The fraction of sp³-hybridized carbons (Fsp3) is 0.299. The molecule has 0 spiro atoms. The van der Waals surface area contributed by atoms with Gasteiger partial charge >= 0.3 is 0 Å². The van der Waals surface area contributed by atoms with E-state index < -0.39 is 17.5 Å². The zero-order valence-electron chi connectivity index (χ0n) is 73.9. The minimum atomic E-state index is -0.493. The summed E-state index contributed by atoms with van der Waals surface area (Å²) in [6, 6.07) is 49.8. The van der Waals surface area contributed by atoms with Crippen LogP contribution in [0.2, 0.25) is 0 Å². The lowest BCUT2D eigenvalue weighted by atomic mass is 9.96. The summed E-state index contributed by atoms with van der Waals surface area (Å²) < 4.78 is 69.7. The number of anilines is 5. The number of benzene rings is 3. The number of nitrogens with one attached hydrogen (secondary N) is 3. The lowest BCUT2D eigenvalue weighted by Gasteiger charge is -2.34. The molecule has 131 heavy (non-hydrogen) atoms. The van der Waals surface area contributed by atoms with Crippen LogP contribution in [0.3, 0.4) is 0 Å². The van der Waals surface area contributed by atoms with Gasteiger partial charge in [-0.1, -0.05) is 6.07 Å². The van der Waals surface area contributed by atoms with Crippen molar-refractivity contribution in [3.05, 3.63) is 289 Å². The molecule has 0 amide bonds. The van der Waals surface area contributed by atoms with Crippen LogP contribution in [-0.2, 0) is 0 Å². The highest BCUT2D eigenvalue weighted by Crippen LogP contribution is 2.32. The van der Waals surface area contributed by atoms with Gasteiger partial charge in [-0.2, -0.15) is 0 Å². The van der Waals surface area contributed by atoms with Crippen molar-refractivity contribution in [3.63, 3.8) is 0 Å². The van der Waals surface area contributed by atoms with Gasteiger partial charge in [-0.25, -0.2) is 43.1 Å². The number of fused-ring (bicyclic) bond motifs is 5. The van der Waals surface area contributed by atoms with E-state index in [-0.39, 0.29) is 51.1 Å². The van der Waals surface area contributed by atoms with E-state index in [1.54, 1.807) is 87.6 Å². The van der Waals surface area contributed by atoms with Crippen LogP contribution < -0.4 is 88.0 Å². The van der Waals surface area contributed by atoms with Crippen molar-refractivity contribution >= 4 is 56.7 Å². The second kappa shape index (κ2) is 40.9. The first-order chi connectivity index (χ1) is 63.6. The van der Waals surface area contributed by atoms with Gasteiger partial charge in [0.25, 0.3) is 27.8 Å². The Morgan fingerprint density at radius 2 is 0.809 bits per heavy atom. The molecule has 5 aliphatic rings. The number of rotatable bonds is 17. The number of hydrogen-bond acceptors (Lipinski definition) is 26. The second-order valence-corrected chi connectivity index (χ2v) is 32.9. The minimum Gasteiger partial charge on any atom is -0.494 e. The van der Waals surface area contributed by atoms with Gasteiger partial charge < -0.3 is 70.0 Å². The van der Waals surface area contributed by atoms with E-state index in [1.807, 2.05) is 91.4 Å². The molecule has 31 nitrogen and oxygen atoms in total. The number of hydrogen-bond donors (Lipinski definition) is 4. The van der Waals surface area contributed by atoms with Crippen LogP contribution in [0.5, 0.6) is 23.1 Å². The Morgan fingerprint density at radius 3 is 1.20 bits per heavy atom. The number of aromatic nitrogens is 12. The molecule has 20 rings (SSSR count). The number of piperidine rings is 1. The summed E-state index contributed by atoms with van der Waals surface area (Å²) in [7, 11) is 12.1. The molecule has 5 saturated heterocycles. The summed E-state index contributed by atoms with van der Waals surface area (Å²) in [4.78, 5) is 108. The first kappa shape index (κ1) is 89.9. The number of ether oxygens (including phenoxy) is 4. The van der Waals surface area contributed by atoms with Gasteiger partial charge in [0.2, 0.25) is 5.88 Å². The summed E-state index contributed by atoms with van der Waals surface area (Å²) in [5.41, 5.74) is 18.5. The number of nitrogens with zero attached hydrogens (tertiary/aromatic N) is 18. The molecule has 17 heterocycles. The van der Waals surface area contributed by atoms with E-state index in [9.17, 15) is 37.1 Å². The van der Waals surface area contributed by atoms with Crippen LogP contribution in [0.15, 0.2) is 243 Å². The zero-order valence-corrected chi connectivity index (χ0v) is 73.9. The molecule has 2 atom stereocenters. The number of likely N-dealkylation sites (tertiary alicyclic amines) is 1. The molecule has 0 unspecified atom stereocenters. The zero-order chi connectivity index (χ0) is 91.3. The average Bonchev–Trinajstić information content (AvgIpc) is 1.15. The van der Waals surface area contributed by atoms with Crippen molar-refractivity contribution < 1.29 is 32.1 Å². The van der Waals surface area contributed by atoms with Crippen LogP contribution in [0.25, 0.3) is 84.7 Å². The summed E-state index contributed by atoms with van der Waals surface area (Å²) in [6.45, 7) is 14.3. The molecule has 676 valence electrons. The van der Waals surface area contributed by atoms with E-state index in [0.29, 0.717) is 96.9 Å². The Kier molecular flexibility index (Phi) is 28.1. The summed E-state index contributed by atoms with van der Waals surface area (Å²) in [5, 5.41) is 10.1. The molecule has 0 saturated carbocycles. The van der Waals surface area contributed by atoms with Gasteiger partial charge in [0.05, 0.1) is 91.0 Å². The van der Waals surface area contributed by atoms with E-state index >= 15 is 0 Å². The molecule has 0 aliphatic carbocycles. The molecule has 15 aromatic rings. The van der Waals surface area contributed by atoms with Crippen molar-refractivity contribution in [2.45, 2.75) is 37.8 Å². The molecule has 34 heteroatoms. The van der Waals surface area contributed by atoms with Gasteiger partial charge in [-0.05, 0) is 193 Å². The van der Waals surface area contributed by atoms with E-state index in [2.05, 4.69) is 101 Å². The Labute approximate surface area is 752 Å². The molecule has 0 radical (unpaired) electrons. The normalized spacial score (nSPS) is 15.9. The van der Waals surface area contributed by atoms with Crippen molar-refractivity contribution in [2.24, 2.45) is 11.7 Å². The van der Waals surface area contributed by atoms with Crippen LogP contribution in [0.1, 0.15) is 25.7 Å². The first-order valence-electron chi connectivity index (χ1n) is 43.5. The molecular formula is C97H103F3N22O9. The van der Waals surface area contributed by atoms with Gasteiger partial charge in [0.1, 0.15) is 28.2 Å². The average molecular weight is 1780 g/mol. The second-order valence-electron chi connectivity index (χ2n) is 32.9. The highest BCUT2D eigenvalue weighted by atomic mass is 19.1. The number of methoxy groups -OCH3 is 4. The predicted molar refractivity (Wildman–Crippen MR) is 504 cm³/mol. The molecule has 5 aliphatic heterocycles. The summed E-state index contributed by atoms with van der Waals surface area (Å²) in [6.07, 6.45) is 16.9. The first-order valence-corrected chi connectivity index (χ1v) is 43.5.